The van der Waals surface area contributed by atoms with E-state index in [9.17, 15) is 19.5 Å². The van der Waals surface area contributed by atoms with Gasteiger partial charge in [-0.1, -0.05) is 121 Å². The molecule has 0 spiro atoms. The molecule has 14 heteroatoms. The standard InChI is InChI=1S/C46H52O14/c1-30(47)52-29-38-40(56-31(2)48)42(43(45(50)58-38)57-32(3)49)60-46-44(55-27-36-22-14-7-15-23-36)41(54-26-35-20-12-6-13-21-35)39(53-25-34-18-10-5-11-19-34)37(59-46)28-51-24-33-16-8-4-9-17-33/h4-23,37-46,50H,24-29H2,1-3H3. The molecule has 2 fully saturated rings. The molecule has 0 aliphatic carbocycles. The van der Waals surface area contributed by atoms with Crippen LogP contribution in [0.3, 0.4) is 0 Å². The fourth-order valence-electron chi connectivity index (χ4n) is 7.05. The van der Waals surface area contributed by atoms with Crippen molar-refractivity contribution in [2.45, 2.75) is 109 Å². The van der Waals surface area contributed by atoms with Gasteiger partial charge in [0.15, 0.2) is 24.8 Å². The Bertz CT molecular complexity index is 1900. The monoisotopic (exact) mass is 828 g/mol. The highest BCUT2D eigenvalue weighted by molar-refractivity contribution is 5.67. The van der Waals surface area contributed by atoms with Gasteiger partial charge in [-0.15, -0.1) is 0 Å². The minimum Gasteiger partial charge on any atom is -0.463 e. The summed E-state index contributed by atoms with van der Waals surface area (Å²) in [5, 5.41) is 11.3. The molecule has 2 saturated heterocycles. The van der Waals surface area contributed by atoms with Gasteiger partial charge in [0.1, 0.15) is 43.2 Å². The maximum atomic E-state index is 12.6. The molecule has 2 aliphatic rings. The van der Waals surface area contributed by atoms with Crippen molar-refractivity contribution in [3.05, 3.63) is 144 Å². The Hall–Kier alpha value is -5.03. The molecule has 0 amide bonds. The Morgan fingerprint density at radius 2 is 0.917 bits per heavy atom. The molecule has 6 rings (SSSR count). The van der Waals surface area contributed by atoms with Crippen LogP contribution in [-0.2, 0) is 88.2 Å². The molecule has 0 radical (unpaired) electrons. The number of aliphatic hydroxyl groups excluding tert-OH is 1. The topological polar surface area (TPSA) is 164 Å². The lowest BCUT2D eigenvalue weighted by atomic mass is 9.95. The second-order valence-electron chi connectivity index (χ2n) is 14.4. The fourth-order valence-corrected chi connectivity index (χ4v) is 7.05. The number of aliphatic hydroxyl groups is 1. The van der Waals surface area contributed by atoms with Gasteiger partial charge in [0.05, 0.1) is 33.0 Å². The summed E-state index contributed by atoms with van der Waals surface area (Å²) in [4.78, 5) is 37.0. The molecule has 2 heterocycles. The van der Waals surface area contributed by atoms with Crippen molar-refractivity contribution in [1.29, 1.82) is 0 Å². The van der Waals surface area contributed by atoms with Crippen LogP contribution < -0.4 is 0 Å². The molecule has 0 saturated carbocycles. The van der Waals surface area contributed by atoms with E-state index < -0.39 is 85.9 Å². The Morgan fingerprint density at radius 3 is 1.40 bits per heavy atom. The van der Waals surface area contributed by atoms with Crippen LogP contribution in [0.5, 0.6) is 0 Å². The van der Waals surface area contributed by atoms with E-state index in [4.69, 9.17) is 47.4 Å². The number of esters is 3. The highest BCUT2D eigenvalue weighted by atomic mass is 16.8. The SMILES string of the molecule is CC(=O)OCC1OC(O)C(OC(C)=O)C(OC2OC(COCc3ccccc3)C(OCc3ccccc3)C(OCc3ccccc3)C2OCc2ccccc2)C1OC(C)=O. The van der Waals surface area contributed by atoms with Gasteiger partial charge in [0.25, 0.3) is 0 Å². The Morgan fingerprint density at radius 1 is 0.483 bits per heavy atom. The first kappa shape index (κ1) is 44.5. The molecular formula is C46H52O14. The normalized spacial score (nSPS) is 26.5. The average Bonchev–Trinajstić information content (AvgIpc) is 3.24. The van der Waals surface area contributed by atoms with Crippen molar-refractivity contribution in [2.75, 3.05) is 13.2 Å². The van der Waals surface area contributed by atoms with Crippen molar-refractivity contribution in [2.24, 2.45) is 0 Å². The van der Waals surface area contributed by atoms with Gasteiger partial charge in [-0.2, -0.15) is 0 Å². The van der Waals surface area contributed by atoms with Crippen molar-refractivity contribution >= 4 is 17.9 Å². The van der Waals surface area contributed by atoms with Crippen molar-refractivity contribution in [1.82, 2.24) is 0 Å². The second-order valence-corrected chi connectivity index (χ2v) is 14.4. The maximum Gasteiger partial charge on any atom is 0.303 e. The first-order chi connectivity index (χ1) is 29.1. The predicted molar refractivity (Wildman–Crippen MR) is 213 cm³/mol. The average molecular weight is 829 g/mol. The third-order valence-electron chi connectivity index (χ3n) is 9.80. The van der Waals surface area contributed by atoms with E-state index >= 15 is 0 Å². The number of hydrogen-bond acceptors (Lipinski definition) is 14. The van der Waals surface area contributed by atoms with Crippen LogP contribution in [0.4, 0.5) is 0 Å². The quantitative estimate of drug-likeness (QED) is 0.0968. The van der Waals surface area contributed by atoms with Gasteiger partial charge in [0.2, 0.25) is 0 Å². The molecule has 60 heavy (non-hydrogen) atoms. The van der Waals surface area contributed by atoms with Gasteiger partial charge < -0.3 is 52.5 Å². The molecule has 0 bridgehead atoms. The largest absolute Gasteiger partial charge is 0.463 e. The van der Waals surface area contributed by atoms with E-state index in [0.717, 1.165) is 29.2 Å². The summed E-state index contributed by atoms with van der Waals surface area (Å²) in [6.07, 6.45) is -12.4. The molecule has 10 atom stereocenters. The number of rotatable bonds is 19. The lowest BCUT2D eigenvalue weighted by molar-refractivity contribution is -0.368. The molecule has 4 aromatic carbocycles. The number of benzene rings is 4. The summed E-state index contributed by atoms with van der Waals surface area (Å²) in [6, 6.07) is 38.4. The van der Waals surface area contributed by atoms with E-state index in [1.54, 1.807) is 0 Å². The zero-order chi connectivity index (χ0) is 42.3. The van der Waals surface area contributed by atoms with Crippen LogP contribution in [0, 0.1) is 0 Å². The van der Waals surface area contributed by atoms with E-state index in [1.165, 1.54) is 13.8 Å². The van der Waals surface area contributed by atoms with Crippen LogP contribution in [0.25, 0.3) is 0 Å². The fraction of sp³-hybridized carbons (Fsp3) is 0.413. The summed E-state index contributed by atoms with van der Waals surface area (Å²) in [5.41, 5.74) is 3.57. The zero-order valence-electron chi connectivity index (χ0n) is 33.8. The van der Waals surface area contributed by atoms with E-state index in [-0.39, 0.29) is 33.0 Å². The summed E-state index contributed by atoms with van der Waals surface area (Å²) in [5.74, 6) is -2.16. The van der Waals surface area contributed by atoms with Crippen molar-refractivity contribution in [3.8, 4) is 0 Å². The van der Waals surface area contributed by atoms with Gasteiger partial charge >= 0.3 is 17.9 Å². The molecule has 1 N–H and O–H groups in total. The number of carbonyl (C=O) groups excluding carboxylic acids is 3. The first-order valence-corrected chi connectivity index (χ1v) is 19.8. The van der Waals surface area contributed by atoms with Crippen LogP contribution in [0.2, 0.25) is 0 Å². The highest BCUT2D eigenvalue weighted by Crippen LogP contribution is 2.36. The first-order valence-electron chi connectivity index (χ1n) is 19.8. The minimum atomic E-state index is -1.80. The molecule has 320 valence electrons. The number of ether oxygens (including phenoxy) is 10. The summed E-state index contributed by atoms with van der Waals surface area (Å²) < 4.78 is 62.4. The Balaban J connectivity index is 1.41. The Kier molecular flexibility index (Phi) is 16.7. The number of carbonyl (C=O) groups is 3. The van der Waals surface area contributed by atoms with Gasteiger partial charge in [-0.05, 0) is 22.3 Å². The molecule has 10 unspecified atom stereocenters. The molecule has 4 aromatic rings. The maximum absolute atomic E-state index is 12.6. The molecular weight excluding hydrogens is 776 g/mol. The van der Waals surface area contributed by atoms with Crippen LogP contribution in [0.1, 0.15) is 43.0 Å². The summed E-state index contributed by atoms with van der Waals surface area (Å²) >= 11 is 0. The Labute approximate surface area is 349 Å². The summed E-state index contributed by atoms with van der Waals surface area (Å²) in [7, 11) is 0. The van der Waals surface area contributed by atoms with Crippen LogP contribution in [0.15, 0.2) is 121 Å². The van der Waals surface area contributed by atoms with Gasteiger partial charge in [-0.25, -0.2) is 0 Å². The third-order valence-corrected chi connectivity index (χ3v) is 9.80. The zero-order valence-corrected chi connectivity index (χ0v) is 33.8. The van der Waals surface area contributed by atoms with Gasteiger partial charge in [-0.3, -0.25) is 14.4 Å². The van der Waals surface area contributed by atoms with Gasteiger partial charge in [0, 0.05) is 20.8 Å². The summed E-state index contributed by atoms with van der Waals surface area (Å²) in [6.45, 7) is 3.81. The van der Waals surface area contributed by atoms with E-state index in [1.807, 2.05) is 121 Å². The minimum absolute atomic E-state index is 0.0110. The lowest BCUT2D eigenvalue weighted by Gasteiger charge is -2.49. The van der Waals surface area contributed by atoms with Crippen LogP contribution in [-0.4, -0.2) is 97.6 Å². The highest BCUT2D eigenvalue weighted by Gasteiger charge is 2.55. The molecule has 0 aromatic heterocycles. The number of hydrogen-bond donors (Lipinski definition) is 1. The molecule has 2 aliphatic heterocycles. The van der Waals surface area contributed by atoms with Crippen molar-refractivity contribution in [3.63, 3.8) is 0 Å². The predicted octanol–water partition coefficient (Wildman–Crippen LogP) is 5.21. The van der Waals surface area contributed by atoms with E-state index in [0.29, 0.717) is 0 Å². The smallest absolute Gasteiger partial charge is 0.303 e. The van der Waals surface area contributed by atoms with Crippen molar-refractivity contribution < 1.29 is 66.9 Å². The second kappa shape index (κ2) is 22.5. The third kappa shape index (κ3) is 13.0. The van der Waals surface area contributed by atoms with Crippen LogP contribution >= 0.6 is 0 Å². The lowest BCUT2D eigenvalue weighted by Crippen LogP contribution is -2.66. The van der Waals surface area contributed by atoms with E-state index in [2.05, 4.69) is 0 Å². The molecule has 14 nitrogen and oxygen atoms in total.